The monoisotopic (exact) mass is 279 g/mol. The van der Waals surface area contributed by atoms with Crippen molar-refractivity contribution in [3.63, 3.8) is 0 Å². The maximum absolute atomic E-state index is 12.1. The molecule has 110 valence electrons. The van der Waals surface area contributed by atoms with Crippen molar-refractivity contribution in [3.05, 3.63) is 35.9 Å². The zero-order valence-corrected chi connectivity index (χ0v) is 12.1. The maximum atomic E-state index is 12.1. The van der Waals surface area contributed by atoms with Crippen molar-refractivity contribution in [1.82, 2.24) is 5.32 Å². The minimum atomic E-state index is -0.966. The van der Waals surface area contributed by atoms with Gasteiger partial charge in [0.15, 0.2) is 0 Å². The SMILES string of the molecule is CCC(C)(OC)C(=O)NCC(C(=O)O)c1ccccc1. The first kappa shape index (κ1) is 16.2. The Morgan fingerprint density at radius 3 is 2.40 bits per heavy atom. The first-order valence-corrected chi connectivity index (χ1v) is 6.55. The summed E-state index contributed by atoms with van der Waals surface area (Å²) in [6.45, 7) is 3.56. The minimum absolute atomic E-state index is 0.0388. The Hall–Kier alpha value is -1.88. The van der Waals surface area contributed by atoms with Gasteiger partial charge in [0, 0.05) is 13.7 Å². The summed E-state index contributed by atoms with van der Waals surface area (Å²) in [6, 6.07) is 8.84. The van der Waals surface area contributed by atoms with Gasteiger partial charge < -0.3 is 15.2 Å². The number of ether oxygens (including phenoxy) is 1. The lowest BCUT2D eigenvalue weighted by molar-refractivity contribution is -0.142. The van der Waals surface area contributed by atoms with Gasteiger partial charge in [-0.15, -0.1) is 0 Å². The highest BCUT2D eigenvalue weighted by molar-refractivity contribution is 5.85. The fourth-order valence-electron chi connectivity index (χ4n) is 1.81. The lowest BCUT2D eigenvalue weighted by Crippen LogP contribution is -2.47. The second-order valence-corrected chi connectivity index (χ2v) is 4.80. The van der Waals surface area contributed by atoms with Gasteiger partial charge >= 0.3 is 5.97 Å². The Labute approximate surface area is 118 Å². The number of hydrogen-bond donors (Lipinski definition) is 2. The molecule has 20 heavy (non-hydrogen) atoms. The highest BCUT2D eigenvalue weighted by Gasteiger charge is 2.32. The number of carboxylic acids is 1. The quantitative estimate of drug-likeness (QED) is 0.798. The normalized spacial score (nSPS) is 15.2. The van der Waals surface area contributed by atoms with E-state index in [1.807, 2.05) is 13.0 Å². The van der Waals surface area contributed by atoms with Gasteiger partial charge in [0.25, 0.3) is 5.91 Å². The molecule has 2 N–H and O–H groups in total. The summed E-state index contributed by atoms with van der Waals surface area (Å²) in [5, 5.41) is 11.9. The van der Waals surface area contributed by atoms with Crippen LogP contribution >= 0.6 is 0 Å². The lowest BCUT2D eigenvalue weighted by Gasteiger charge is -2.26. The van der Waals surface area contributed by atoms with Crippen LogP contribution in [0.4, 0.5) is 0 Å². The van der Waals surface area contributed by atoms with E-state index < -0.39 is 17.5 Å². The molecule has 0 heterocycles. The van der Waals surface area contributed by atoms with E-state index in [9.17, 15) is 14.7 Å². The Morgan fingerprint density at radius 1 is 1.35 bits per heavy atom. The standard InChI is InChI=1S/C15H21NO4/c1-4-15(2,20-3)14(19)16-10-12(13(17)18)11-8-6-5-7-9-11/h5-9,12H,4,10H2,1-3H3,(H,16,19)(H,17,18). The molecule has 0 aromatic heterocycles. The van der Waals surface area contributed by atoms with Gasteiger partial charge in [0.05, 0.1) is 5.92 Å². The van der Waals surface area contributed by atoms with Crippen LogP contribution in [0.3, 0.4) is 0 Å². The van der Waals surface area contributed by atoms with E-state index in [1.165, 1.54) is 7.11 Å². The van der Waals surface area contributed by atoms with Crippen LogP contribution in [0.25, 0.3) is 0 Å². The molecule has 2 unspecified atom stereocenters. The largest absolute Gasteiger partial charge is 0.481 e. The van der Waals surface area contributed by atoms with Crippen molar-refractivity contribution < 1.29 is 19.4 Å². The molecular weight excluding hydrogens is 258 g/mol. The van der Waals surface area contributed by atoms with Crippen molar-refractivity contribution in [1.29, 1.82) is 0 Å². The maximum Gasteiger partial charge on any atom is 0.312 e. The number of rotatable bonds is 7. The predicted octanol–water partition coefficient (Wildman–Crippen LogP) is 1.79. The number of amides is 1. The third-order valence-corrected chi connectivity index (χ3v) is 3.57. The van der Waals surface area contributed by atoms with Crippen LogP contribution in [-0.4, -0.2) is 36.2 Å². The predicted molar refractivity (Wildman–Crippen MR) is 75.5 cm³/mol. The summed E-state index contributed by atoms with van der Waals surface area (Å²) >= 11 is 0. The Morgan fingerprint density at radius 2 is 1.95 bits per heavy atom. The molecule has 0 bridgehead atoms. The first-order chi connectivity index (χ1) is 9.44. The number of carbonyl (C=O) groups excluding carboxylic acids is 1. The fourth-order valence-corrected chi connectivity index (χ4v) is 1.81. The number of methoxy groups -OCH3 is 1. The topological polar surface area (TPSA) is 75.6 Å². The second kappa shape index (κ2) is 7.05. The number of carboxylic acid groups (broad SMARTS) is 1. The summed E-state index contributed by atoms with van der Waals surface area (Å²) in [5.74, 6) is -2.03. The van der Waals surface area contributed by atoms with Crippen LogP contribution in [0.5, 0.6) is 0 Å². The average Bonchev–Trinajstić information content (AvgIpc) is 2.47. The molecule has 1 rings (SSSR count). The number of aliphatic carboxylic acids is 1. The van der Waals surface area contributed by atoms with E-state index in [4.69, 9.17) is 4.74 Å². The molecule has 5 nitrogen and oxygen atoms in total. The minimum Gasteiger partial charge on any atom is -0.481 e. The number of benzene rings is 1. The van der Waals surface area contributed by atoms with E-state index in [0.717, 1.165) is 0 Å². The molecule has 0 aliphatic carbocycles. The van der Waals surface area contributed by atoms with Crippen LogP contribution in [0.1, 0.15) is 31.7 Å². The van der Waals surface area contributed by atoms with Crippen molar-refractivity contribution >= 4 is 11.9 Å². The van der Waals surface area contributed by atoms with Crippen LogP contribution in [0.15, 0.2) is 30.3 Å². The van der Waals surface area contributed by atoms with Gasteiger partial charge in [-0.25, -0.2) is 0 Å². The molecular formula is C15H21NO4. The molecule has 1 amide bonds. The van der Waals surface area contributed by atoms with Crippen molar-refractivity contribution in [2.24, 2.45) is 0 Å². The van der Waals surface area contributed by atoms with Crippen molar-refractivity contribution in [2.75, 3.05) is 13.7 Å². The molecule has 0 radical (unpaired) electrons. The molecule has 0 spiro atoms. The third-order valence-electron chi connectivity index (χ3n) is 3.57. The van der Waals surface area contributed by atoms with Crippen LogP contribution in [0, 0.1) is 0 Å². The van der Waals surface area contributed by atoms with Crippen LogP contribution in [-0.2, 0) is 14.3 Å². The van der Waals surface area contributed by atoms with Gasteiger partial charge in [-0.2, -0.15) is 0 Å². The van der Waals surface area contributed by atoms with Crippen LogP contribution in [0.2, 0.25) is 0 Å². The second-order valence-electron chi connectivity index (χ2n) is 4.80. The van der Waals surface area contributed by atoms with Gasteiger partial charge in [0.2, 0.25) is 0 Å². The third kappa shape index (κ3) is 3.81. The zero-order valence-electron chi connectivity index (χ0n) is 12.1. The molecule has 2 atom stereocenters. The first-order valence-electron chi connectivity index (χ1n) is 6.55. The highest BCUT2D eigenvalue weighted by atomic mass is 16.5. The van der Waals surface area contributed by atoms with E-state index >= 15 is 0 Å². The smallest absolute Gasteiger partial charge is 0.312 e. The Balaban J connectivity index is 2.75. The molecule has 0 fully saturated rings. The van der Waals surface area contributed by atoms with Gasteiger partial charge in [-0.05, 0) is 18.9 Å². The average molecular weight is 279 g/mol. The van der Waals surface area contributed by atoms with Crippen molar-refractivity contribution in [3.8, 4) is 0 Å². The number of nitrogens with one attached hydrogen (secondary N) is 1. The van der Waals surface area contributed by atoms with E-state index in [2.05, 4.69) is 5.32 Å². The van der Waals surface area contributed by atoms with E-state index in [1.54, 1.807) is 31.2 Å². The van der Waals surface area contributed by atoms with Crippen molar-refractivity contribution in [2.45, 2.75) is 31.8 Å². The molecule has 0 saturated heterocycles. The summed E-state index contributed by atoms with van der Waals surface area (Å²) in [4.78, 5) is 23.4. The van der Waals surface area contributed by atoms with E-state index in [0.29, 0.717) is 12.0 Å². The number of carbonyl (C=O) groups is 2. The fraction of sp³-hybridized carbons (Fsp3) is 0.467. The van der Waals surface area contributed by atoms with Crippen LogP contribution < -0.4 is 5.32 Å². The summed E-state index contributed by atoms with van der Waals surface area (Å²) in [7, 11) is 1.47. The molecule has 0 aliphatic rings. The zero-order chi connectivity index (χ0) is 15.2. The Bertz CT molecular complexity index is 454. The molecule has 5 heteroatoms. The highest BCUT2D eigenvalue weighted by Crippen LogP contribution is 2.17. The molecule has 0 saturated carbocycles. The summed E-state index contributed by atoms with van der Waals surface area (Å²) in [5.41, 5.74) is -0.268. The molecule has 1 aromatic carbocycles. The van der Waals surface area contributed by atoms with Gasteiger partial charge in [-0.1, -0.05) is 37.3 Å². The van der Waals surface area contributed by atoms with Gasteiger partial charge in [-0.3, -0.25) is 9.59 Å². The summed E-state index contributed by atoms with van der Waals surface area (Å²) < 4.78 is 5.19. The molecule has 0 aliphatic heterocycles. The molecule has 1 aromatic rings. The number of hydrogen-bond acceptors (Lipinski definition) is 3. The van der Waals surface area contributed by atoms with E-state index in [-0.39, 0.29) is 12.5 Å². The lowest BCUT2D eigenvalue weighted by atomic mass is 9.98. The summed E-state index contributed by atoms with van der Waals surface area (Å²) in [6.07, 6.45) is 0.512. The Kier molecular flexibility index (Phi) is 5.70. The van der Waals surface area contributed by atoms with Gasteiger partial charge in [0.1, 0.15) is 5.60 Å².